The third-order valence-corrected chi connectivity index (χ3v) is 4.45. The van der Waals surface area contributed by atoms with Crippen LogP contribution in [-0.4, -0.2) is 42.0 Å². The Kier molecular flexibility index (Phi) is 5.56. The van der Waals surface area contributed by atoms with Gasteiger partial charge in [-0.05, 0) is 49.7 Å². The highest BCUT2D eigenvalue weighted by Crippen LogP contribution is 2.29. The van der Waals surface area contributed by atoms with Crippen LogP contribution in [0.2, 0.25) is 0 Å². The average Bonchev–Trinajstić information content (AvgIpc) is 3.15. The number of amides is 1. The summed E-state index contributed by atoms with van der Waals surface area (Å²) in [5, 5.41) is 2.89. The zero-order chi connectivity index (χ0) is 18.6. The number of carbonyl (C=O) groups excluding carboxylic acids is 1. The summed E-state index contributed by atoms with van der Waals surface area (Å²) in [4.78, 5) is 17.9. The average molecular weight is 363 g/mol. The lowest BCUT2D eigenvalue weighted by Crippen LogP contribution is -2.33. The molecule has 0 atom stereocenters. The van der Waals surface area contributed by atoms with E-state index in [0.717, 1.165) is 25.7 Å². The fourth-order valence-electron chi connectivity index (χ4n) is 2.98. The van der Waals surface area contributed by atoms with Crippen LogP contribution in [0.15, 0.2) is 42.6 Å². The molecule has 1 aromatic heterocycles. The number of alkyl halides is 3. The molecule has 1 saturated heterocycles. The molecule has 138 valence electrons. The Balaban J connectivity index is 1.58. The number of likely N-dealkylation sites (tertiary alicyclic amines) is 1. The summed E-state index contributed by atoms with van der Waals surface area (Å²) >= 11 is 0. The molecule has 1 aromatic carbocycles. The zero-order valence-corrected chi connectivity index (χ0v) is 14.2. The van der Waals surface area contributed by atoms with Crippen molar-refractivity contribution in [2.45, 2.75) is 19.0 Å². The molecule has 0 bridgehead atoms. The highest BCUT2D eigenvalue weighted by molar-refractivity contribution is 5.94. The Bertz CT molecular complexity index is 736. The molecule has 0 unspecified atom stereocenters. The van der Waals surface area contributed by atoms with Crippen LogP contribution in [0.25, 0.3) is 11.1 Å². The standard InChI is InChI=1S/C19H20F3N3O/c20-19(21,22)17-8-7-16(13-24-17)14-3-5-15(6-4-14)18(26)23-9-12-25-10-1-2-11-25/h3-8,13H,1-2,9-12H2,(H,23,26). The Hall–Kier alpha value is -2.41. The molecule has 0 spiro atoms. The van der Waals surface area contributed by atoms with Gasteiger partial charge in [0.05, 0.1) is 0 Å². The summed E-state index contributed by atoms with van der Waals surface area (Å²) in [5.41, 5.74) is 0.879. The maximum Gasteiger partial charge on any atom is 0.433 e. The van der Waals surface area contributed by atoms with E-state index in [1.807, 2.05) is 0 Å². The van der Waals surface area contributed by atoms with Crippen LogP contribution < -0.4 is 5.32 Å². The number of hydrogen-bond donors (Lipinski definition) is 1. The van der Waals surface area contributed by atoms with E-state index in [9.17, 15) is 18.0 Å². The second kappa shape index (κ2) is 7.86. The van der Waals surface area contributed by atoms with Gasteiger partial charge in [-0.3, -0.25) is 9.78 Å². The lowest BCUT2D eigenvalue weighted by atomic mass is 10.0. The normalized spacial score (nSPS) is 15.2. The molecule has 26 heavy (non-hydrogen) atoms. The third kappa shape index (κ3) is 4.60. The van der Waals surface area contributed by atoms with Gasteiger partial charge in [-0.25, -0.2) is 0 Å². The summed E-state index contributed by atoms with van der Waals surface area (Å²) in [6.07, 6.45) is -0.827. The first-order valence-corrected chi connectivity index (χ1v) is 8.58. The lowest BCUT2D eigenvalue weighted by Gasteiger charge is -2.14. The van der Waals surface area contributed by atoms with Crippen LogP contribution in [0.3, 0.4) is 0 Å². The molecule has 0 aliphatic carbocycles. The van der Waals surface area contributed by atoms with E-state index < -0.39 is 11.9 Å². The summed E-state index contributed by atoms with van der Waals surface area (Å²) < 4.78 is 37.7. The minimum Gasteiger partial charge on any atom is -0.351 e. The first-order valence-electron chi connectivity index (χ1n) is 8.58. The van der Waals surface area contributed by atoms with Gasteiger partial charge in [0.25, 0.3) is 5.91 Å². The number of pyridine rings is 1. The fraction of sp³-hybridized carbons (Fsp3) is 0.368. The molecule has 4 nitrogen and oxygen atoms in total. The lowest BCUT2D eigenvalue weighted by molar-refractivity contribution is -0.141. The number of halogens is 3. The van der Waals surface area contributed by atoms with Crippen LogP contribution in [0.5, 0.6) is 0 Å². The van der Waals surface area contributed by atoms with Crippen LogP contribution in [0.1, 0.15) is 28.9 Å². The molecule has 0 saturated carbocycles. The van der Waals surface area contributed by atoms with Crippen molar-refractivity contribution in [3.8, 4) is 11.1 Å². The predicted molar refractivity (Wildman–Crippen MR) is 92.7 cm³/mol. The number of carbonyl (C=O) groups is 1. The zero-order valence-electron chi connectivity index (χ0n) is 14.2. The van der Waals surface area contributed by atoms with Crippen LogP contribution in [-0.2, 0) is 6.18 Å². The van der Waals surface area contributed by atoms with Gasteiger partial charge in [-0.1, -0.05) is 18.2 Å². The molecule has 1 fully saturated rings. The fourth-order valence-corrected chi connectivity index (χ4v) is 2.98. The molecule has 2 aromatic rings. The van der Waals surface area contributed by atoms with Crippen molar-refractivity contribution in [1.29, 1.82) is 0 Å². The number of aromatic nitrogens is 1. The minimum atomic E-state index is -4.45. The van der Waals surface area contributed by atoms with E-state index in [2.05, 4.69) is 15.2 Å². The van der Waals surface area contributed by atoms with Crippen LogP contribution in [0.4, 0.5) is 13.2 Å². The maximum absolute atomic E-state index is 12.6. The van der Waals surface area contributed by atoms with Gasteiger partial charge in [0.2, 0.25) is 0 Å². The maximum atomic E-state index is 12.6. The largest absolute Gasteiger partial charge is 0.433 e. The molecule has 7 heteroatoms. The predicted octanol–water partition coefficient (Wildman–Crippen LogP) is 3.59. The third-order valence-electron chi connectivity index (χ3n) is 4.45. The number of nitrogens with zero attached hydrogens (tertiary/aromatic N) is 2. The number of benzene rings is 1. The van der Waals surface area contributed by atoms with Crippen molar-refractivity contribution in [2.75, 3.05) is 26.2 Å². The Morgan fingerprint density at radius 2 is 1.69 bits per heavy atom. The van der Waals surface area contributed by atoms with E-state index in [1.54, 1.807) is 24.3 Å². The molecule has 1 aliphatic heterocycles. The molecule has 3 rings (SSSR count). The van der Waals surface area contributed by atoms with Gasteiger partial charge in [0.1, 0.15) is 5.69 Å². The van der Waals surface area contributed by atoms with Gasteiger partial charge >= 0.3 is 6.18 Å². The Morgan fingerprint density at radius 1 is 1.04 bits per heavy atom. The molecular formula is C19H20F3N3O. The summed E-state index contributed by atoms with van der Waals surface area (Å²) in [5.74, 6) is -0.152. The van der Waals surface area contributed by atoms with E-state index in [4.69, 9.17) is 0 Å². The van der Waals surface area contributed by atoms with E-state index in [1.165, 1.54) is 25.1 Å². The second-order valence-corrected chi connectivity index (χ2v) is 6.31. The van der Waals surface area contributed by atoms with Crippen LogP contribution in [0, 0.1) is 0 Å². The SMILES string of the molecule is O=C(NCCN1CCCC1)c1ccc(-c2ccc(C(F)(F)F)nc2)cc1. The highest BCUT2D eigenvalue weighted by Gasteiger charge is 2.32. The minimum absolute atomic E-state index is 0.152. The Morgan fingerprint density at radius 3 is 2.27 bits per heavy atom. The van der Waals surface area contributed by atoms with Crippen molar-refractivity contribution in [1.82, 2.24) is 15.2 Å². The smallest absolute Gasteiger partial charge is 0.351 e. The van der Waals surface area contributed by atoms with Crippen molar-refractivity contribution < 1.29 is 18.0 Å². The second-order valence-electron chi connectivity index (χ2n) is 6.31. The number of nitrogens with one attached hydrogen (secondary N) is 1. The van der Waals surface area contributed by atoms with Gasteiger partial charge < -0.3 is 10.2 Å². The monoisotopic (exact) mass is 363 g/mol. The van der Waals surface area contributed by atoms with E-state index in [-0.39, 0.29) is 5.91 Å². The Labute approximate surface area is 150 Å². The van der Waals surface area contributed by atoms with Crippen LogP contribution >= 0.6 is 0 Å². The summed E-state index contributed by atoms with van der Waals surface area (Å²) in [6.45, 7) is 3.63. The summed E-state index contributed by atoms with van der Waals surface area (Å²) in [7, 11) is 0. The van der Waals surface area contributed by atoms with Crippen molar-refractivity contribution in [2.24, 2.45) is 0 Å². The summed E-state index contributed by atoms with van der Waals surface area (Å²) in [6, 6.07) is 9.07. The van der Waals surface area contributed by atoms with Gasteiger partial charge in [-0.15, -0.1) is 0 Å². The highest BCUT2D eigenvalue weighted by atomic mass is 19.4. The van der Waals surface area contributed by atoms with Gasteiger partial charge in [0, 0.05) is 30.4 Å². The van der Waals surface area contributed by atoms with E-state index >= 15 is 0 Å². The molecule has 1 N–H and O–H groups in total. The first kappa shape index (κ1) is 18.4. The van der Waals surface area contributed by atoms with Gasteiger partial charge in [0.15, 0.2) is 0 Å². The quantitative estimate of drug-likeness (QED) is 0.883. The topological polar surface area (TPSA) is 45.2 Å². The number of hydrogen-bond acceptors (Lipinski definition) is 3. The van der Waals surface area contributed by atoms with Crippen molar-refractivity contribution >= 4 is 5.91 Å². The van der Waals surface area contributed by atoms with E-state index in [0.29, 0.717) is 23.2 Å². The molecule has 0 radical (unpaired) electrons. The molecule has 1 amide bonds. The molecular weight excluding hydrogens is 343 g/mol. The first-order chi connectivity index (χ1) is 12.4. The molecule has 2 heterocycles. The van der Waals surface area contributed by atoms with Gasteiger partial charge in [-0.2, -0.15) is 13.2 Å². The van der Waals surface area contributed by atoms with Crippen molar-refractivity contribution in [3.63, 3.8) is 0 Å². The van der Waals surface area contributed by atoms with Crippen molar-refractivity contribution in [3.05, 3.63) is 53.9 Å². The number of rotatable bonds is 5. The molecule has 1 aliphatic rings.